The van der Waals surface area contributed by atoms with Crippen molar-refractivity contribution >= 4 is 0 Å². The third-order valence-electron chi connectivity index (χ3n) is 5.58. The average Bonchev–Trinajstić information content (AvgIpc) is 2.45. The maximum Gasteiger partial charge on any atom is 0.0332 e. The molecule has 1 aliphatic rings. The Bertz CT molecular complexity index is 248. The van der Waals surface area contributed by atoms with Crippen molar-refractivity contribution in [3.05, 3.63) is 0 Å². The molecule has 3 atom stereocenters. The van der Waals surface area contributed by atoms with E-state index in [9.17, 15) is 0 Å². The van der Waals surface area contributed by atoms with Crippen molar-refractivity contribution in [1.29, 1.82) is 0 Å². The van der Waals surface area contributed by atoms with Gasteiger partial charge in [0.25, 0.3) is 0 Å². The van der Waals surface area contributed by atoms with Gasteiger partial charge in [-0.3, -0.25) is 4.90 Å². The molecule has 0 amide bonds. The molecule has 0 saturated carbocycles. The van der Waals surface area contributed by atoms with Crippen molar-refractivity contribution in [1.82, 2.24) is 10.2 Å². The van der Waals surface area contributed by atoms with Gasteiger partial charge in [-0.25, -0.2) is 0 Å². The van der Waals surface area contributed by atoms with Gasteiger partial charge in [-0.15, -0.1) is 0 Å². The summed E-state index contributed by atoms with van der Waals surface area (Å²) in [5.74, 6) is 0.781. The predicted molar refractivity (Wildman–Crippen MR) is 85.6 cm³/mol. The third-order valence-corrected chi connectivity index (χ3v) is 5.58. The zero-order chi connectivity index (χ0) is 14.5. The van der Waals surface area contributed by atoms with Gasteiger partial charge in [0.1, 0.15) is 0 Å². The van der Waals surface area contributed by atoms with E-state index in [1.54, 1.807) is 0 Å². The Kier molecular flexibility index (Phi) is 6.82. The summed E-state index contributed by atoms with van der Waals surface area (Å²) in [6.07, 6.45) is 6.42. The number of rotatable bonds is 7. The maximum atomic E-state index is 3.85. The molecule has 1 saturated heterocycles. The average molecular weight is 268 g/mol. The lowest BCUT2D eigenvalue weighted by molar-refractivity contribution is -0.0111. The molecule has 3 unspecified atom stereocenters. The van der Waals surface area contributed by atoms with Crippen LogP contribution >= 0.6 is 0 Å². The van der Waals surface area contributed by atoms with Crippen LogP contribution in [0.15, 0.2) is 0 Å². The van der Waals surface area contributed by atoms with E-state index >= 15 is 0 Å². The van der Waals surface area contributed by atoms with Gasteiger partial charge in [0, 0.05) is 30.7 Å². The molecule has 0 aromatic heterocycles. The summed E-state index contributed by atoms with van der Waals surface area (Å²) in [6.45, 7) is 16.6. The van der Waals surface area contributed by atoms with Crippen molar-refractivity contribution in [2.75, 3.05) is 13.1 Å². The van der Waals surface area contributed by atoms with E-state index in [0.717, 1.165) is 12.0 Å². The largest absolute Gasteiger partial charge is 0.311 e. The number of hydrogen-bond donors (Lipinski definition) is 1. The van der Waals surface area contributed by atoms with Crippen molar-refractivity contribution < 1.29 is 0 Å². The Morgan fingerprint density at radius 1 is 1.16 bits per heavy atom. The fourth-order valence-electron chi connectivity index (χ4n) is 3.69. The molecule has 114 valence electrons. The maximum absolute atomic E-state index is 3.85. The lowest BCUT2D eigenvalue weighted by Crippen LogP contribution is -2.67. The van der Waals surface area contributed by atoms with E-state index in [0.29, 0.717) is 11.6 Å². The second-order valence-corrected chi connectivity index (χ2v) is 6.59. The molecule has 0 aliphatic carbocycles. The van der Waals surface area contributed by atoms with Crippen LogP contribution in [0.5, 0.6) is 0 Å². The van der Waals surface area contributed by atoms with Gasteiger partial charge in [-0.2, -0.15) is 0 Å². The van der Waals surface area contributed by atoms with E-state index < -0.39 is 0 Å². The van der Waals surface area contributed by atoms with Crippen molar-refractivity contribution in [2.24, 2.45) is 5.92 Å². The zero-order valence-corrected chi connectivity index (χ0v) is 14.1. The highest BCUT2D eigenvalue weighted by molar-refractivity contribution is 5.00. The van der Waals surface area contributed by atoms with Crippen LogP contribution in [0.4, 0.5) is 0 Å². The van der Waals surface area contributed by atoms with E-state index in [-0.39, 0.29) is 0 Å². The van der Waals surface area contributed by atoms with Crippen LogP contribution in [-0.4, -0.2) is 35.6 Å². The van der Waals surface area contributed by atoms with Crippen LogP contribution in [0.3, 0.4) is 0 Å². The Labute approximate surface area is 121 Å². The van der Waals surface area contributed by atoms with E-state index in [1.165, 1.54) is 45.2 Å². The number of hydrogen-bond acceptors (Lipinski definition) is 2. The summed E-state index contributed by atoms with van der Waals surface area (Å²) < 4.78 is 0. The third kappa shape index (κ3) is 3.72. The second kappa shape index (κ2) is 7.64. The molecule has 0 spiro atoms. The summed E-state index contributed by atoms with van der Waals surface area (Å²) in [4.78, 5) is 2.84. The molecule has 0 bridgehead atoms. The normalized spacial score (nSPS) is 27.2. The minimum Gasteiger partial charge on any atom is -0.311 e. The van der Waals surface area contributed by atoms with E-state index in [4.69, 9.17) is 0 Å². The van der Waals surface area contributed by atoms with Gasteiger partial charge >= 0.3 is 0 Å². The van der Waals surface area contributed by atoms with Crippen LogP contribution in [0.2, 0.25) is 0 Å². The van der Waals surface area contributed by atoms with Gasteiger partial charge in [0.15, 0.2) is 0 Å². The number of piperazine rings is 1. The van der Waals surface area contributed by atoms with Gasteiger partial charge in [0.2, 0.25) is 0 Å². The van der Waals surface area contributed by atoms with Gasteiger partial charge < -0.3 is 5.32 Å². The van der Waals surface area contributed by atoms with E-state index in [1.807, 2.05) is 0 Å². The SMILES string of the molecule is CCCC(C)N1CC(C(C)CC)NCC1(CC)CC. The van der Waals surface area contributed by atoms with Crippen LogP contribution in [-0.2, 0) is 0 Å². The fraction of sp³-hybridized carbons (Fsp3) is 1.00. The molecule has 0 radical (unpaired) electrons. The summed E-state index contributed by atoms with van der Waals surface area (Å²) in [5, 5.41) is 3.85. The molecule has 1 N–H and O–H groups in total. The van der Waals surface area contributed by atoms with Crippen molar-refractivity contribution in [2.45, 2.75) is 91.3 Å². The molecule has 1 fully saturated rings. The highest BCUT2D eigenvalue weighted by Gasteiger charge is 2.41. The van der Waals surface area contributed by atoms with Crippen LogP contribution in [0, 0.1) is 5.92 Å². The zero-order valence-electron chi connectivity index (χ0n) is 14.1. The summed E-state index contributed by atoms with van der Waals surface area (Å²) in [5.41, 5.74) is 0.387. The first-order valence-electron chi connectivity index (χ1n) is 8.54. The lowest BCUT2D eigenvalue weighted by Gasteiger charge is -2.53. The molecule has 2 nitrogen and oxygen atoms in total. The number of nitrogens with one attached hydrogen (secondary N) is 1. The van der Waals surface area contributed by atoms with Crippen molar-refractivity contribution in [3.63, 3.8) is 0 Å². The van der Waals surface area contributed by atoms with Gasteiger partial charge in [0.05, 0.1) is 0 Å². The second-order valence-electron chi connectivity index (χ2n) is 6.59. The molecule has 1 aliphatic heterocycles. The first kappa shape index (κ1) is 17.0. The molecule has 1 heterocycles. The molecule has 0 aromatic carbocycles. The molecular formula is C17H36N2. The summed E-state index contributed by atoms with van der Waals surface area (Å²) in [7, 11) is 0. The smallest absolute Gasteiger partial charge is 0.0332 e. The fourth-order valence-corrected chi connectivity index (χ4v) is 3.69. The van der Waals surface area contributed by atoms with Gasteiger partial charge in [-0.05, 0) is 32.1 Å². The topological polar surface area (TPSA) is 15.3 Å². The minimum atomic E-state index is 0.387. The highest BCUT2D eigenvalue weighted by Crippen LogP contribution is 2.32. The first-order chi connectivity index (χ1) is 9.04. The Morgan fingerprint density at radius 3 is 2.26 bits per heavy atom. The molecule has 2 heteroatoms. The van der Waals surface area contributed by atoms with Crippen LogP contribution in [0.25, 0.3) is 0 Å². The van der Waals surface area contributed by atoms with Gasteiger partial charge in [-0.1, -0.05) is 47.5 Å². The monoisotopic (exact) mass is 268 g/mol. The predicted octanol–water partition coefficient (Wildman–Crippen LogP) is 4.05. The van der Waals surface area contributed by atoms with Crippen LogP contribution in [0.1, 0.15) is 73.6 Å². The summed E-state index contributed by atoms with van der Waals surface area (Å²) >= 11 is 0. The minimum absolute atomic E-state index is 0.387. The Morgan fingerprint density at radius 2 is 1.79 bits per heavy atom. The molecule has 1 rings (SSSR count). The molecule has 0 aromatic rings. The standard InChI is InChI=1S/C17H36N2/c1-7-11-15(6)19-12-16(14(5)8-2)18-13-17(19,9-3)10-4/h14-16,18H,7-13H2,1-6H3. The molecule has 19 heavy (non-hydrogen) atoms. The molecular weight excluding hydrogens is 232 g/mol. The van der Waals surface area contributed by atoms with Crippen molar-refractivity contribution in [3.8, 4) is 0 Å². The first-order valence-corrected chi connectivity index (χ1v) is 8.54. The number of nitrogens with zero attached hydrogens (tertiary/aromatic N) is 1. The Hall–Kier alpha value is -0.0800. The summed E-state index contributed by atoms with van der Waals surface area (Å²) in [6, 6.07) is 1.40. The Balaban J connectivity index is 2.85. The highest BCUT2D eigenvalue weighted by atomic mass is 15.3. The van der Waals surface area contributed by atoms with Crippen LogP contribution < -0.4 is 5.32 Å². The van der Waals surface area contributed by atoms with E-state index in [2.05, 4.69) is 51.8 Å². The lowest BCUT2D eigenvalue weighted by atomic mass is 9.83. The quantitative estimate of drug-likeness (QED) is 0.749.